The summed E-state index contributed by atoms with van der Waals surface area (Å²) in [6.07, 6.45) is -10.2. The molecule has 0 saturated carbocycles. The third-order valence-corrected chi connectivity index (χ3v) is 3.30. The normalized spacial score (nSPS) is 11.8. The second kappa shape index (κ2) is 7.68. The molecule has 2 rings (SSSR count). The van der Waals surface area contributed by atoms with Crippen molar-refractivity contribution in [3.8, 4) is 0 Å². The Balaban J connectivity index is 2.02. The van der Waals surface area contributed by atoms with Gasteiger partial charge in [-0.25, -0.2) is 0 Å². The van der Waals surface area contributed by atoms with E-state index in [-0.39, 0.29) is 5.69 Å². The maximum absolute atomic E-state index is 12.9. The van der Waals surface area contributed by atoms with Gasteiger partial charge in [0.2, 0.25) is 11.8 Å². The average Bonchev–Trinajstić information content (AvgIpc) is 2.53. The fraction of sp³-hybridized carbons (Fsp3) is 0.176. The van der Waals surface area contributed by atoms with Crippen LogP contribution in [0.1, 0.15) is 17.5 Å². The lowest BCUT2D eigenvalue weighted by molar-refractivity contribution is -0.138. The van der Waals surface area contributed by atoms with Crippen molar-refractivity contribution in [2.45, 2.75) is 18.8 Å². The van der Waals surface area contributed by atoms with E-state index in [9.17, 15) is 35.9 Å². The monoisotopic (exact) mass is 390 g/mol. The lowest BCUT2D eigenvalue weighted by Gasteiger charge is -2.13. The molecule has 0 bridgehead atoms. The molecule has 0 aliphatic heterocycles. The zero-order valence-corrected chi connectivity index (χ0v) is 13.4. The van der Waals surface area contributed by atoms with Crippen molar-refractivity contribution in [1.82, 2.24) is 0 Å². The summed E-state index contributed by atoms with van der Waals surface area (Å²) in [5.74, 6) is -2.02. The van der Waals surface area contributed by atoms with Gasteiger partial charge in [0.15, 0.2) is 0 Å². The number of hydrogen-bond acceptors (Lipinski definition) is 2. The van der Waals surface area contributed by atoms with Crippen LogP contribution in [0, 0.1) is 0 Å². The molecule has 2 amide bonds. The van der Waals surface area contributed by atoms with Crippen molar-refractivity contribution in [2.75, 3.05) is 10.6 Å². The number of para-hydroxylation sites is 1. The van der Waals surface area contributed by atoms with Crippen LogP contribution >= 0.6 is 0 Å². The number of anilines is 2. The predicted octanol–water partition coefficient (Wildman–Crippen LogP) is 4.69. The van der Waals surface area contributed by atoms with E-state index >= 15 is 0 Å². The average molecular weight is 390 g/mol. The summed E-state index contributed by atoms with van der Waals surface area (Å²) in [5, 5.41) is 4.06. The van der Waals surface area contributed by atoms with Crippen LogP contribution in [0.25, 0.3) is 0 Å². The highest BCUT2D eigenvalue weighted by Gasteiger charge is 2.33. The Morgan fingerprint density at radius 2 is 1.41 bits per heavy atom. The molecule has 0 fully saturated rings. The van der Waals surface area contributed by atoms with Gasteiger partial charge in [0.25, 0.3) is 0 Å². The number of alkyl halides is 6. The van der Waals surface area contributed by atoms with Crippen LogP contribution in [0.5, 0.6) is 0 Å². The SMILES string of the molecule is O=C(CC(=O)Nc1ccccc1C(F)(F)F)Nc1cccc(C(F)(F)F)c1. The lowest BCUT2D eigenvalue weighted by atomic mass is 10.1. The van der Waals surface area contributed by atoms with E-state index in [0.29, 0.717) is 6.07 Å². The fourth-order valence-electron chi connectivity index (χ4n) is 2.16. The van der Waals surface area contributed by atoms with Crippen LogP contribution < -0.4 is 10.6 Å². The molecule has 0 spiro atoms. The zero-order chi connectivity index (χ0) is 20.2. The number of halogens is 6. The molecule has 144 valence electrons. The third kappa shape index (κ3) is 5.73. The van der Waals surface area contributed by atoms with Gasteiger partial charge in [-0.15, -0.1) is 0 Å². The fourth-order valence-corrected chi connectivity index (χ4v) is 2.16. The molecule has 2 aromatic carbocycles. The number of carbonyl (C=O) groups excluding carboxylic acids is 2. The molecular weight excluding hydrogens is 378 g/mol. The predicted molar refractivity (Wildman–Crippen MR) is 84.8 cm³/mol. The Bertz CT molecular complexity index is 846. The van der Waals surface area contributed by atoms with Gasteiger partial charge in [-0.2, -0.15) is 26.3 Å². The lowest BCUT2D eigenvalue weighted by Crippen LogP contribution is -2.23. The van der Waals surface area contributed by atoms with Crippen LogP contribution in [0.15, 0.2) is 48.5 Å². The molecule has 0 saturated heterocycles. The van der Waals surface area contributed by atoms with Crippen molar-refractivity contribution in [1.29, 1.82) is 0 Å². The Morgan fingerprint density at radius 1 is 0.778 bits per heavy atom. The zero-order valence-electron chi connectivity index (χ0n) is 13.4. The van der Waals surface area contributed by atoms with E-state index in [4.69, 9.17) is 0 Å². The Labute approximate surface area is 149 Å². The van der Waals surface area contributed by atoms with Gasteiger partial charge in [0, 0.05) is 5.69 Å². The molecule has 0 unspecified atom stereocenters. The molecule has 2 aromatic rings. The van der Waals surface area contributed by atoms with Gasteiger partial charge in [-0.05, 0) is 30.3 Å². The van der Waals surface area contributed by atoms with Crippen molar-refractivity contribution in [2.24, 2.45) is 0 Å². The van der Waals surface area contributed by atoms with Crippen molar-refractivity contribution < 1.29 is 35.9 Å². The second-order valence-corrected chi connectivity index (χ2v) is 5.40. The van der Waals surface area contributed by atoms with Gasteiger partial charge in [0.05, 0.1) is 16.8 Å². The summed E-state index contributed by atoms with van der Waals surface area (Å²) in [6, 6.07) is 7.92. The van der Waals surface area contributed by atoms with Crippen LogP contribution in [-0.2, 0) is 21.9 Å². The first kappa shape index (κ1) is 20.3. The minimum Gasteiger partial charge on any atom is -0.326 e. The highest BCUT2D eigenvalue weighted by Crippen LogP contribution is 2.34. The Kier molecular flexibility index (Phi) is 5.77. The first-order valence-corrected chi connectivity index (χ1v) is 7.40. The van der Waals surface area contributed by atoms with Gasteiger partial charge in [-0.1, -0.05) is 18.2 Å². The number of rotatable bonds is 4. The Hall–Kier alpha value is -3.04. The molecular formula is C17H12F6N2O2. The molecule has 0 aliphatic rings. The van der Waals surface area contributed by atoms with E-state index in [2.05, 4.69) is 5.32 Å². The third-order valence-electron chi connectivity index (χ3n) is 3.30. The smallest absolute Gasteiger partial charge is 0.326 e. The van der Waals surface area contributed by atoms with Gasteiger partial charge >= 0.3 is 12.4 Å². The van der Waals surface area contributed by atoms with Gasteiger partial charge < -0.3 is 10.6 Å². The quantitative estimate of drug-likeness (QED) is 0.588. The summed E-state index contributed by atoms with van der Waals surface area (Å²) in [4.78, 5) is 23.6. The molecule has 0 aliphatic carbocycles. The van der Waals surface area contributed by atoms with Crippen molar-refractivity contribution in [3.63, 3.8) is 0 Å². The van der Waals surface area contributed by atoms with Crippen LogP contribution in [0.3, 0.4) is 0 Å². The molecule has 10 heteroatoms. The molecule has 4 nitrogen and oxygen atoms in total. The molecule has 27 heavy (non-hydrogen) atoms. The highest BCUT2D eigenvalue weighted by atomic mass is 19.4. The van der Waals surface area contributed by atoms with E-state index in [1.165, 1.54) is 12.1 Å². The molecule has 0 radical (unpaired) electrons. The summed E-state index contributed by atoms with van der Waals surface area (Å²) in [6.45, 7) is 0. The number of nitrogens with one attached hydrogen (secondary N) is 2. The number of carbonyl (C=O) groups is 2. The number of amides is 2. The summed E-state index contributed by atoms with van der Waals surface area (Å²) >= 11 is 0. The van der Waals surface area contributed by atoms with E-state index in [1.807, 2.05) is 5.32 Å². The topological polar surface area (TPSA) is 58.2 Å². The van der Waals surface area contributed by atoms with Crippen LogP contribution in [0.4, 0.5) is 37.7 Å². The maximum Gasteiger partial charge on any atom is 0.418 e. The van der Waals surface area contributed by atoms with E-state index < -0.39 is 47.4 Å². The van der Waals surface area contributed by atoms with Gasteiger partial charge in [0.1, 0.15) is 6.42 Å². The Morgan fingerprint density at radius 3 is 2.04 bits per heavy atom. The standard InChI is InChI=1S/C17H12F6N2O2/c18-16(19,20)10-4-3-5-11(8-10)24-14(26)9-15(27)25-13-7-2-1-6-12(13)17(21,22)23/h1-8H,9H2,(H,24,26)(H,25,27). The van der Waals surface area contributed by atoms with Crippen molar-refractivity contribution >= 4 is 23.2 Å². The number of hydrogen-bond donors (Lipinski definition) is 2. The van der Waals surface area contributed by atoms with Crippen LogP contribution in [0.2, 0.25) is 0 Å². The molecule has 0 aromatic heterocycles. The number of benzene rings is 2. The largest absolute Gasteiger partial charge is 0.418 e. The summed E-state index contributed by atoms with van der Waals surface area (Å²) in [7, 11) is 0. The highest BCUT2D eigenvalue weighted by molar-refractivity contribution is 6.08. The minimum atomic E-state index is -4.70. The van der Waals surface area contributed by atoms with E-state index in [0.717, 1.165) is 30.3 Å². The van der Waals surface area contributed by atoms with Crippen molar-refractivity contribution in [3.05, 3.63) is 59.7 Å². The molecule has 0 atom stereocenters. The maximum atomic E-state index is 12.9. The first-order valence-electron chi connectivity index (χ1n) is 7.40. The van der Waals surface area contributed by atoms with E-state index in [1.54, 1.807) is 0 Å². The molecule has 2 N–H and O–H groups in total. The van der Waals surface area contributed by atoms with Crippen LogP contribution in [-0.4, -0.2) is 11.8 Å². The molecule has 0 heterocycles. The van der Waals surface area contributed by atoms with Gasteiger partial charge in [-0.3, -0.25) is 9.59 Å². The second-order valence-electron chi connectivity index (χ2n) is 5.40. The summed E-state index contributed by atoms with van der Waals surface area (Å²) < 4.78 is 76.5. The minimum absolute atomic E-state index is 0.196. The first-order chi connectivity index (χ1) is 12.5. The summed E-state index contributed by atoms with van der Waals surface area (Å²) in [5.41, 5.74) is -2.80.